The van der Waals surface area contributed by atoms with Gasteiger partial charge in [0.1, 0.15) is 10.8 Å². The molecule has 0 unspecified atom stereocenters. The highest BCUT2D eigenvalue weighted by Gasteiger charge is 2.22. The van der Waals surface area contributed by atoms with E-state index in [0.717, 1.165) is 22.4 Å². The molecular weight excluding hydrogens is 448 g/mol. The number of carbonyl (C=O) groups excluding carboxylic acids is 2. The molecule has 9 heteroatoms. The summed E-state index contributed by atoms with van der Waals surface area (Å²) in [5, 5.41) is 13.5. The van der Waals surface area contributed by atoms with E-state index >= 15 is 0 Å². The highest BCUT2D eigenvalue weighted by Crippen LogP contribution is 2.31. The van der Waals surface area contributed by atoms with Crippen molar-refractivity contribution in [3.8, 4) is 5.75 Å². The van der Waals surface area contributed by atoms with Gasteiger partial charge in [-0.15, -0.1) is 10.2 Å². The van der Waals surface area contributed by atoms with Crippen LogP contribution in [0.25, 0.3) is 10.9 Å². The minimum Gasteiger partial charge on any atom is -0.497 e. The lowest BCUT2D eigenvalue weighted by Gasteiger charge is -2.08. The molecule has 32 heavy (non-hydrogen) atoms. The summed E-state index contributed by atoms with van der Waals surface area (Å²) in [7, 11) is 1.58. The van der Waals surface area contributed by atoms with E-state index in [4.69, 9.17) is 16.3 Å². The van der Waals surface area contributed by atoms with Gasteiger partial charge >= 0.3 is 0 Å². The number of aryl methyl sites for hydroxylation is 1. The molecule has 7 nitrogen and oxygen atoms in total. The summed E-state index contributed by atoms with van der Waals surface area (Å²) in [4.78, 5) is 26.1. The van der Waals surface area contributed by atoms with E-state index in [-0.39, 0.29) is 18.2 Å². The molecule has 4 rings (SSSR count). The first-order valence-electron chi connectivity index (χ1n) is 10.0. The number of hydrogen-bond acceptors (Lipinski definition) is 6. The largest absolute Gasteiger partial charge is 0.497 e. The number of amides is 1. The number of fused-ring (bicyclic) bond motifs is 1. The van der Waals surface area contributed by atoms with Crippen molar-refractivity contribution in [1.82, 2.24) is 14.8 Å². The van der Waals surface area contributed by atoms with Crippen molar-refractivity contribution in [2.75, 3.05) is 12.4 Å². The molecule has 0 atom stereocenters. The van der Waals surface area contributed by atoms with Crippen LogP contribution in [0.4, 0.5) is 5.13 Å². The number of rotatable bonds is 6. The molecule has 0 saturated carbocycles. The van der Waals surface area contributed by atoms with Gasteiger partial charge in [0.05, 0.1) is 19.0 Å². The number of anilines is 1. The van der Waals surface area contributed by atoms with E-state index in [2.05, 4.69) is 15.5 Å². The molecule has 0 radical (unpaired) electrons. The van der Waals surface area contributed by atoms with Crippen LogP contribution < -0.4 is 10.1 Å². The van der Waals surface area contributed by atoms with E-state index in [1.54, 1.807) is 42.0 Å². The molecule has 0 fully saturated rings. The molecular formula is C23H21ClN4O3S. The fourth-order valence-electron chi connectivity index (χ4n) is 3.57. The number of ether oxygens (including phenoxy) is 1. The lowest BCUT2D eigenvalue weighted by Crippen LogP contribution is -2.16. The van der Waals surface area contributed by atoms with Gasteiger partial charge in [-0.3, -0.25) is 14.2 Å². The van der Waals surface area contributed by atoms with Gasteiger partial charge in [0.2, 0.25) is 11.0 Å². The fourth-order valence-corrected chi connectivity index (χ4v) is 4.39. The van der Waals surface area contributed by atoms with Gasteiger partial charge in [-0.05, 0) is 61.4 Å². The number of aromatic nitrogens is 3. The molecule has 0 aliphatic rings. The van der Waals surface area contributed by atoms with Crippen LogP contribution in [0.15, 0.2) is 42.5 Å². The Morgan fingerprint density at radius 1 is 1.16 bits per heavy atom. The molecule has 0 spiro atoms. The third-order valence-corrected chi connectivity index (χ3v) is 6.42. The number of halogens is 1. The maximum atomic E-state index is 13.3. The maximum absolute atomic E-state index is 13.3. The molecule has 0 aliphatic heterocycles. The predicted molar refractivity (Wildman–Crippen MR) is 126 cm³/mol. The van der Waals surface area contributed by atoms with Crippen LogP contribution in [0.1, 0.15) is 33.5 Å². The van der Waals surface area contributed by atoms with Gasteiger partial charge < -0.3 is 10.1 Å². The van der Waals surface area contributed by atoms with Crippen LogP contribution in [0.3, 0.4) is 0 Å². The monoisotopic (exact) mass is 468 g/mol. The zero-order chi connectivity index (χ0) is 22.8. The second kappa shape index (κ2) is 9.10. The van der Waals surface area contributed by atoms with Gasteiger partial charge in [-0.2, -0.15) is 0 Å². The molecule has 0 aliphatic carbocycles. The molecule has 2 aromatic heterocycles. The maximum Gasteiger partial charge on any atom is 0.262 e. The smallest absolute Gasteiger partial charge is 0.262 e. The number of nitrogens with zero attached hydrogens (tertiary/aromatic N) is 3. The lowest BCUT2D eigenvalue weighted by molar-refractivity contribution is -0.115. The summed E-state index contributed by atoms with van der Waals surface area (Å²) in [5.41, 5.74) is 2.64. The second-order valence-electron chi connectivity index (χ2n) is 7.17. The van der Waals surface area contributed by atoms with Crippen LogP contribution >= 0.6 is 22.9 Å². The minimum absolute atomic E-state index is 0.0808. The Morgan fingerprint density at radius 3 is 2.56 bits per heavy atom. The number of benzene rings is 2. The normalized spacial score (nSPS) is 11.0. The molecule has 0 saturated heterocycles. The molecule has 1 N–H and O–H groups in total. The van der Waals surface area contributed by atoms with E-state index in [0.29, 0.717) is 32.7 Å². The van der Waals surface area contributed by atoms with Gasteiger partial charge in [-0.25, -0.2) is 0 Å². The van der Waals surface area contributed by atoms with Crippen molar-refractivity contribution in [2.24, 2.45) is 0 Å². The Labute approximate surface area is 194 Å². The average molecular weight is 469 g/mol. The summed E-state index contributed by atoms with van der Waals surface area (Å²) in [6.07, 6.45) is 0.837. The Morgan fingerprint density at radius 2 is 1.91 bits per heavy atom. The van der Waals surface area contributed by atoms with Crippen LogP contribution in [-0.2, 0) is 17.6 Å². The van der Waals surface area contributed by atoms with Gasteiger partial charge in [0.15, 0.2) is 0 Å². The topological polar surface area (TPSA) is 86.1 Å². The Kier molecular flexibility index (Phi) is 6.25. The number of hydrogen-bond donors (Lipinski definition) is 1. The Hall–Kier alpha value is -3.23. The predicted octanol–water partition coefficient (Wildman–Crippen LogP) is 4.90. The van der Waals surface area contributed by atoms with Crippen molar-refractivity contribution >= 4 is 50.8 Å². The highest BCUT2D eigenvalue weighted by molar-refractivity contribution is 7.15. The number of carbonyl (C=O) groups is 2. The molecule has 2 aromatic carbocycles. The van der Waals surface area contributed by atoms with Crippen LogP contribution in [-0.4, -0.2) is 33.7 Å². The minimum atomic E-state index is -0.229. The fraction of sp³-hybridized carbons (Fsp3) is 0.217. The van der Waals surface area contributed by atoms with Crippen molar-refractivity contribution < 1.29 is 14.3 Å². The zero-order valence-electron chi connectivity index (χ0n) is 17.8. The van der Waals surface area contributed by atoms with Crippen LogP contribution in [0, 0.1) is 6.92 Å². The standard InChI is InChI=1S/C23H21ClN4O3S/c1-4-21-26-27-23(32-21)25-20(29)12-17-13(2)28(19-10-9-16(31-3)11-18(17)19)22(30)14-5-7-15(24)8-6-14/h5-11H,4,12H2,1-3H3,(H,25,27,29). The number of methoxy groups -OCH3 is 1. The SMILES string of the molecule is CCc1nnc(NC(=O)Cc2c(C)n(C(=O)c3ccc(Cl)cc3)c3ccc(OC)cc23)s1. The first-order chi connectivity index (χ1) is 15.4. The van der Waals surface area contributed by atoms with Crippen LogP contribution in [0.2, 0.25) is 5.02 Å². The summed E-state index contributed by atoms with van der Waals surface area (Å²) >= 11 is 7.33. The third kappa shape index (κ3) is 4.24. The van der Waals surface area contributed by atoms with Gasteiger partial charge in [-0.1, -0.05) is 29.9 Å². The van der Waals surface area contributed by atoms with Gasteiger partial charge in [0, 0.05) is 21.7 Å². The molecule has 4 aromatic rings. The van der Waals surface area contributed by atoms with E-state index in [9.17, 15) is 9.59 Å². The van der Waals surface area contributed by atoms with E-state index in [1.165, 1.54) is 11.3 Å². The summed E-state index contributed by atoms with van der Waals surface area (Å²) in [5.74, 6) is 0.220. The summed E-state index contributed by atoms with van der Waals surface area (Å²) < 4.78 is 7.00. The first-order valence-corrected chi connectivity index (χ1v) is 11.2. The molecule has 1 amide bonds. The second-order valence-corrected chi connectivity index (χ2v) is 8.67. The highest BCUT2D eigenvalue weighted by atomic mass is 35.5. The first kappa shape index (κ1) is 22.0. The Balaban J connectivity index is 1.74. The van der Waals surface area contributed by atoms with Crippen molar-refractivity contribution in [1.29, 1.82) is 0 Å². The van der Waals surface area contributed by atoms with Crippen LogP contribution in [0.5, 0.6) is 5.75 Å². The Bertz CT molecular complexity index is 1310. The molecule has 0 bridgehead atoms. The molecule has 2 heterocycles. The summed E-state index contributed by atoms with van der Waals surface area (Å²) in [6, 6.07) is 12.2. The molecule has 164 valence electrons. The van der Waals surface area contributed by atoms with E-state index in [1.807, 2.05) is 26.0 Å². The van der Waals surface area contributed by atoms with E-state index < -0.39 is 0 Å². The van der Waals surface area contributed by atoms with Crippen molar-refractivity contribution in [2.45, 2.75) is 26.7 Å². The average Bonchev–Trinajstić information content (AvgIpc) is 3.35. The lowest BCUT2D eigenvalue weighted by atomic mass is 10.1. The van der Waals surface area contributed by atoms with Crippen molar-refractivity contribution in [3.63, 3.8) is 0 Å². The zero-order valence-corrected chi connectivity index (χ0v) is 19.4. The van der Waals surface area contributed by atoms with Gasteiger partial charge in [0.25, 0.3) is 5.91 Å². The third-order valence-electron chi connectivity index (χ3n) is 5.19. The van der Waals surface area contributed by atoms with Crippen molar-refractivity contribution in [3.05, 3.63) is 69.3 Å². The number of nitrogens with one attached hydrogen (secondary N) is 1. The summed E-state index contributed by atoms with van der Waals surface area (Å²) in [6.45, 7) is 3.82. The quantitative estimate of drug-likeness (QED) is 0.435.